The van der Waals surface area contributed by atoms with E-state index in [1.807, 2.05) is 37.3 Å². The third-order valence-corrected chi connectivity index (χ3v) is 4.42. The molecule has 0 bridgehead atoms. The first kappa shape index (κ1) is 16.3. The predicted molar refractivity (Wildman–Crippen MR) is 95.8 cm³/mol. The number of ether oxygens (including phenoxy) is 2. The molecule has 0 aliphatic rings. The van der Waals surface area contributed by atoms with E-state index in [-0.39, 0.29) is 0 Å². The molecule has 1 N–H and O–H groups in total. The molecule has 0 atom stereocenters. The van der Waals surface area contributed by atoms with Crippen LogP contribution in [0.5, 0.6) is 5.75 Å². The molecular formula is C18H18N2O3S. The summed E-state index contributed by atoms with van der Waals surface area (Å²) >= 11 is 1.63. The number of anilines is 1. The number of thiazole rings is 1. The molecule has 0 aliphatic heterocycles. The van der Waals surface area contributed by atoms with Crippen molar-refractivity contribution < 1.29 is 14.3 Å². The summed E-state index contributed by atoms with van der Waals surface area (Å²) in [5, 5.41) is 3.64. The Labute approximate surface area is 144 Å². The van der Waals surface area contributed by atoms with Gasteiger partial charge in [0.1, 0.15) is 17.4 Å². The molecule has 0 spiro atoms. The van der Waals surface area contributed by atoms with E-state index in [0.717, 1.165) is 26.5 Å². The third-order valence-electron chi connectivity index (χ3n) is 3.41. The van der Waals surface area contributed by atoms with Gasteiger partial charge in [-0.1, -0.05) is 12.1 Å². The highest BCUT2D eigenvalue weighted by Gasteiger charge is 2.07. The lowest BCUT2D eigenvalue weighted by molar-refractivity contribution is 0.168. The Balaban J connectivity index is 1.65. The summed E-state index contributed by atoms with van der Waals surface area (Å²) < 4.78 is 11.8. The normalized spacial score (nSPS) is 10.6. The van der Waals surface area contributed by atoms with Gasteiger partial charge in [-0.15, -0.1) is 11.3 Å². The number of fused-ring (bicyclic) bond motifs is 1. The Morgan fingerprint density at radius 2 is 2.08 bits per heavy atom. The molecule has 0 unspecified atom stereocenters. The van der Waals surface area contributed by atoms with Crippen LogP contribution in [0.1, 0.15) is 17.5 Å². The fourth-order valence-electron chi connectivity index (χ4n) is 2.27. The average Bonchev–Trinajstić information content (AvgIpc) is 2.98. The lowest BCUT2D eigenvalue weighted by atomic mass is 10.2. The van der Waals surface area contributed by atoms with Gasteiger partial charge >= 0.3 is 6.09 Å². The molecule has 1 aromatic heterocycles. The highest BCUT2D eigenvalue weighted by Crippen LogP contribution is 2.25. The monoisotopic (exact) mass is 342 g/mol. The standard InChI is InChI=1S/C18H18N2O3S/c1-3-22-18(21)20-14-9-8-13(10-12(14)2)23-11-17-19-15-6-4-5-7-16(15)24-17/h4-10H,3,11H2,1-2H3,(H,20,21). The summed E-state index contributed by atoms with van der Waals surface area (Å²) in [6.45, 7) is 4.44. The molecule has 124 valence electrons. The lowest BCUT2D eigenvalue weighted by Crippen LogP contribution is -2.14. The van der Waals surface area contributed by atoms with Gasteiger partial charge in [-0.25, -0.2) is 9.78 Å². The Kier molecular flexibility index (Phi) is 4.96. The van der Waals surface area contributed by atoms with Crippen molar-refractivity contribution in [1.82, 2.24) is 4.98 Å². The number of para-hydroxylation sites is 1. The van der Waals surface area contributed by atoms with Crippen LogP contribution in [0.15, 0.2) is 42.5 Å². The van der Waals surface area contributed by atoms with Crippen molar-refractivity contribution in [2.75, 3.05) is 11.9 Å². The van der Waals surface area contributed by atoms with Crippen molar-refractivity contribution in [3.05, 3.63) is 53.0 Å². The summed E-state index contributed by atoms with van der Waals surface area (Å²) in [6, 6.07) is 13.5. The number of aryl methyl sites for hydroxylation is 1. The number of aromatic nitrogens is 1. The van der Waals surface area contributed by atoms with E-state index < -0.39 is 6.09 Å². The Morgan fingerprint density at radius 1 is 1.25 bits per heavy atom. The number of amides is 1. The number of hydrogen-bond donors (Lipinski definition) is 1. The first-order chi connectivity index (χ1) is 11.7. The topological polar surface area (TPSA) is 60.5 Å². The number of rotatable bonds is 5. The van der Waals surface area contributed by atoms with Crippen LogP contribution < -0.4 is 10.1 Å². The van der Waals surface area contributed by atoms with Crippen molar-refractivity contribution in [1.29, 1.82) is 0 Å². The van der Waals surface area contributed by atoms with Crippen LogP contribution in [0.4, 0.5) is 10.5 Å². The number of benzene rings is 2. The van der Waals surface area contributed by atoms with Crippen LogP contribution in [0.25, 0.3) is 10.2 Å². The van der Waals surface area contributed by atoms with Crippen molar-refractivity contribution in [2.24, 2.45) is 0 Å². The first-order valence-corrected chi connectivity index (χ1v) is 8.49. The van der Waals surface area contributed by atoms with E-state index in [2.05, 4.69) is 16.4 Å². The summed E-state index contributed by atoms with van der Waals surface area (Å²) in [4.78, 5) is 16.0. The summed E-state index contributed by atoms with van der Waals surface area (Å²) in [6.07, 6.45) is -0.455. The highest BCUT2D eigenvalue weighted by molar-refractivity contribution is 7.18. The summed E-state index contributed by atoms with van der Waals surface area (Å²) in [5.74, 6) is 0.737. The smallest absolute Gasteiger partial charge is 0.411 e. The lowest BCUT2D eigenvalue weighted by Gasteiger charge is -2.10. The zero-order chi connectivity index (χ0) is 16.9. The zero-order valence-electron chi connectivity index (χ0n) is 13.5. The molecule has 0 aliphatic carbocycles. The van der Waals surface area contributed by atoms with Gasteiger partial charge in [0.15, 0.2) is 0 Å². The van der Waals surface area contributed by atoms with Gasteiger partial charge in [0.05, 0.1) is 16.8 Å². The molecule has 0 fully saturated rings. The van der Waals surface area contributed by atoms with Crippen molar-refractivity contribution >= 4 is 33.3 Å². The molecule has 0 saturated carbocycles. The second-order valence-corrected chi connectivity index (χ2v) is 6.30. The molecule has 2 aromatic carbocycles. The quantitative estimate of drug-likeness (QED) is 0.727. The van der Waals surface area contributed by atoms with Gasteiger partial charge in [0.25, 0.3) is 0 Å². The minimum Gasteiger partial charge on any atom is -0.486 e. The van der Waals surface area contributed by atoms with E-state index in [0.29, 0.717) is 18.9 Å². The van der Waals surface area contributed by atoms with Gasteiger partial charge in [-0.2, -0.15) is 0 Å². The largest absolute Gasteiger partial charge is 0.486 e. The molecular weight excluding hydrogens is 324 g/mol. The van der Waals surface area contributed by atoms with Crippen LogP contribution in [-0.4, -0.2) is 17.7 Å². The molecule has 24 heavy (non-hydrogen) atoms. The van der Waals surface area contributed by atoms with E-state index in [9.17, 15) is 4.79 Å². The average molecular weight is 342 g/mol. The number of nitrogens with zero attached hydrogens (tertiary/aromatic N) is 1. The van der Waals surface area contributed by atoms with Crippen LogP contribution in [0.3, 0.4) is 0 Å². The second-order valence-electron chi connectivity index (χ2n) is 5.19. The first-order valence-electron chi connectivity index (χ1n) is 7.67. The van der Waals surface area contributed by atoms with Crippen LogP contribution in [-0.2, 0) is 11.3 Å². The predicted octanol–water partition coefficient (Wildman–Crippen LogP) is 4.75. The summed E-state index contributed by atoms with van der Waals surface area (Å²) in [7, 11) is 0. The number of carbonyl (C=O) groups excluding carboxylic acids is 1. The molecule has 3 rings (SSSR count). The molecule has 5 nitrogen and oxygen atoms in total. The molecule has 1 amide bonds. The van der Waals surface area contributed by atoms with Gasteiger partial charge in [0.2, 0.25) is 0 Å². The SMILES string of the molecule is CCOC(=O)Nc1ccc(OCc2nc3ccccc3s2)cc1C. The maximum Gasteiger partial charge on any atom is 0.411 e. The minimum atomic E-state index is -0.455. The Bertz CT molecular complexity index is 827. The second kappa shape index (κ2) is 7.31. The van der Waals surface area contributed by atoms with E-state index in [4.69, 9.17) is 9.47 Å². The van der Waals surface area contributed by atoms with Crippen molar-refractivity contribution in [2.45, 2.75) is 20.5 Å². The van der Waals surface area contributed by atoms with Gasteiger partial charge in [0, 0.05) is 5.69 Å². The third kappa shape index (κ3) is 3.83. The zero-order valence-corrected chi connectivity index (χ0v) is 14.4. The van der Waals surface area contributed by atoms with Crippen molar-refractivity contribution in [3.63, 3.8) is 0 Å². The number of carbonyl (C=O) groups is 1. The molecule has 0 radical (unpaired) electrons. The molecule has 0 saturated heterocycles. The number of nitrogens with one attached hydrogen (secondary N) is 1. The number of hydrogen-bond acceptors (Lipinski definition) is 5. The Morgan fingerprint density at radius 3 is 2.83 bits per heavy atom. The van der Waals surface area contributed by atoms with E-state index in [1.165, 1.54) is 0 Å². The van der Waals surface area contributed by atoms with E-state index in [1.54, 1.807) is 24.3 Å². The van der Waals surface area contributed by atoms with Gasteiger partial charge < -0.3 is 9.47 Å². The minimum absolute atomic E-state index is 0.342. The molecule has 6 heteroatoms. The highest BCUT2D eigenvalue weighted by atomic mass is 32.1. The van der Waals surface area contributed by atoms with Crippen LogP contribution >= 0.6 is 11.3 Å². The van der Waals surface area contributed by atoms with Crippen LogP contribution in [0.2, 0.25) is 0 Å². The van der Waals surface area contributed by atoms with Crippen molar-refractivity contribution in [3.8, 4) is 5.75 Å². The fourth-order valence-corrected chi connectivity index (χ4v) is 3.15. The Hall–Kier alpha value is -2.60. The molecule has 1 heterocycles. The molecule has 3 aromatic rings. The maximum atomic E-state index is 11.5. The fraction of sp³-hybridized carbons (Fsp3) is 0.222. The maximum absolute atomic E-state index is 11.5. The van der Waals surface area contributed by atoms with E-state index >= 15 is 0 Å². The van der Waals surface area contributed by atoms with Crippen LogP contribution in [0, 0.1) is 6.92 Å². The van der Waals surface area contributed by atoms with Gasteiger partial charge in [-0.3, -0.25) is 5.32 Å². The summed E-state index contributed by atoms with van der Waals surface area (Å²) in [5.41, 5.74) is 2.61. The van der Waals surface area contributed by atoms with Gasteiger partial charge in [-0.05, 0) is 49.7 Å².